The van der Waals surface area contributed by atoms with Crippen molar-refractivity contribution in [3.8, 4) is 0 Å². The Morgan fingerprint density at radius 1 is 1.11 bits per heavy atom. The molecule has 0 aliphatic rings. The molecule has 27 heavy (non-hydrogen) atoms. The van der Waals surface area contributed by atoms with Crippen molar-refractivity contribution in [2.45, 2.75) is 33.1 Å². The number of aromatic nitrogens is 1. The lowest BCUT2D eigenvalue weighted by Crippen LogP contribution is -2.38. The third kappa shape index (κ3) is 8.47. The van der Waals surface area contributed by atoms with Crippen molar-refractivity contribution in [1.29, 1.82) is 0 Å². The monoisotopic (exact) mass is 501 g/mol. The third-order valence-corrected chi connectivity index (χ3v) is 5.25. The number of aryl methyl sites for hydroxylation is 1. The van der Waals surface area contributed by atoms with Crippen LogP contribution in [0.1, 0.15) is 29.3 Å². The Bertz CT molecular complexity index is 682. The fourth-order valence-electron chi connectivity index (χ4n) is 2.52. The predicted octanol–water partition coefficient (Wildman–Crippen LogP) is 3.73. The van der Waals surface area contributed by atoms with Crippen LogP contribution in [0.5, 0.6) is 0 Å². The predicted molar refractivity (Wildman–Crippen MR) is 129 cm³/mol. The van der Waals surface area contributed by atoms with Gasteiger partial charge in [0.2, 0.25) is 0 Å². The van der Waals surface area contributed by atoms with Gasteiger partial charge >= 0.3 is 0 Å². The van der Waals surface area contributed by atoms with Gasteiger partial charge in [-0.05, 0) is 37.5 Å². The number of aliphatic imine (C=N–C) groups is 1. The smallest absolute Gasteiger partial charge is 0.191 e. The van der Waals surface area contributed by atoms with Gasteiger partial charge in [0.1, 0.15) is 0 Å². The Morgan fingerprint density at radius 2 is 1.85 bits per heavy atom. The van der Waals surface area contributed by atoms with Crippen LogP contribution in [-0.4, -0.2) is 44.7 Å². The topological polar surface area (TPSA) is 52.6 Å². The van der Waals surface area contributed by atoms with E-state index in [2.05, 4.69) is 77.7 Å². The van der Waals surface area contributed by atoms with Crippen molar-refractivity contribution < 1.29 is 0 Å². The lowest BCUT2D eigenvalue weighted by atomic mass is 10.1. The summed E-state index contributed by atoms with van der Waals surface area (Å²) in [4.78, 5) is 12.6. The van der Waals surface area contributed by atoms with Gasteiger partial charge in [-0.15, -0.1) is 35.3 Å². The van der Waals surface area contributed by atoms with Crippen molar-refractivity contribution in [2.75, 3.05) is 38.6 Å². The summed E-state index contributed by atoms with van der Waals surface area (Å²) in [7, 11) is 4.12. The molecule has 1 aromatic heterocycles. The lowest BCUT2D eigenvalue weighted by molar-refractivity contribution is 0.796. The van der Waals surface area contributed by atoms with Gasteiger partial charge in [-0.25, -0.2) is 4.98 Å². The number of guanidine groups is 1. The normalized spacial score (nSPS) is 11.0. The summed E-state index contributed by atoms with van der Waals surface area (Å²) in [6, 6.07) is 8.70. The average molecular weight is 501 g/mol. The highest BCUT2D eigenvalue weighted by Crippen LogP contribution is 2.14. The first-order chi connectivity index (χ1) is 12.6. The summed E-state index contributed by atoms with van der Waals surface area (Å²) in [6.07, 6.45) is 4.91. The summed E-state index contributed by atoms with van der Waals surface area (Å²) in [6.45, 7) is 6.73. The Kier molecular flexibility index (Phi) is 11.3. The molecule has 2 N–H and O–H groups in total. The minimum absolute atomic E-state index is 0. The minimum atomic E-state index is 0. The van der Waals surface area contributed by atoms with E-state index in [1.54, 1.807) is 11.3 Å². The molecule has 0 radical (unpaired) electrons. The quantitative estimate of drug-likeness (QED) is 0.313. The molecule has 0 unspecified atom stereocenters. The number of thiazole rings is 1. The molecule has 0 atom stereocenters. The molecule has 2 rings (SSSR count). The van der Waals surface area contributed by atoms with Gasteiger partial charge in [0.05, 0.1) is 5.01 Å². The molecule has 2 aromatic rings. The number of nitrogens with zero attached hydrogens (tertiary/aromatic N) is 3. The zero-order chi connectivity index (χ0) is 18.8. The molecule has 150 valence electrons. The van der Waals surface area contributed by atoms with Gasteiger partial charge in [-0.1, -0.05) is 19.1 Å². The molecule has 0 saturated heterocycles. The standard InChI is InChI=1S/C20H31N5S.HI/c1-5-18-15-24-19(26-18)12-14-23-20(21-6-2)22-13-11-16-7-9-17(10-8-16)25(3)4;/h7-10,15H,5-6,11-14H2,1-4H3,(H2,21,22,23);1H. The first-order valence-corrected chi connectivity index (χ1v) is 10.2. The van der Waals surface area contributed by atoms with Gasteiger partial charge in [0.25, 0.3) is 0 Å². The fraction of sp³-hybridized carbons (Fsp3) is 0.500. The first kappa shape index (κ1) is 23.7. The second-order valence-corrected chi connectivity index (χ2v) is 7.52. The summed E-state index contributed by atoms with van der Waals surface area (Å²) in [5, 5.41) is 7.90. The van der Waals surface area contributed by atoms with E-state index in [0.29, 0.717) is 0 Å². The highest BCUT2D eigenvalue weighted by atomic mass is 127. The molecule has 0 bridgehead atoms. The lowest BCUT2D eigenvalue weighted by Gasteiger charge is -2.13. The van der Waals surface area contributed by atoms with Crippen LogP contribution in [0.15, 0.2) is 35.5 Å². The zero-order valence-corrected chi connectivity index (χ0v) is 19.9. The number of nitrogens with one attached hydrogen (secondary N) is 2. The Labute approximate surface area is 184 Å². The maximum atomic E-state index is 4.67. The van der Waals surface area contributed by atoms with Crippen molar-refractivity contribution in [3.63, 3.8) is 0 Å². The molecule has 1 heterocycles. The van der Waals surface area contributed by atoms with E-state index in [-0.39, 0.29) is 24.0 Å². The maximum Gasteiger partial charge on any atom is 0.191 e. The van der Waals surface area contributed by atoms with Gasteiger partial charge in [0.15, 0.2) is 5.96 Å². The van der Waals surface area contributed by atoms with Crippen LogP contribution in [0, 0.1) is 0 Å². The number of halogens is 1. The van der Waals surface area contributed by atoms with E-state index >= 15 is 0 Å². The second-order valence-electron chi connectivity index (χ2n) is 6.32. The van der Waals surface area contributed by atoms with Crippen molar-refractivity contribution in [2.24, 2.45) is 4.99 Å². The van der Waals surface area contributed by atoms with E-state index in [0.717, 1.165) is 44.9 Å². The summed E-state index contributed by atoms with van der Waals surface area (Å²) in [5.41, 5.74) is 2.55. The Hall–Kier alpha value is -1.35. The zero-order valence-electron chi connectivity index (χ0n) is 16.8. The molecule has 0 spiro atoms. The molecule has 0 saturated carbocycles. The molecule has 5 nitrogen and oxygen atoms in total. The van der Waals surface area contributed by atoms with Crippen LogP contribution in [0.4, 0.5) is 5.69 Å². The molecule has 7 heteroatoms. The number of hydrogen-bond donors (Lipinski definition) is 2. The summed E-state index contributed by atoms with van der Waals surface area (Å²) >= 11 is 1.79. The van der Waals surface area contributed by atoms with Crippen LogP contribution in [-0.2, 0) is 19.3 Å². The van der Waals surface area contributed by atoms with Crippen molar-refractivity contribution in [3.05, 3.63) is 45.9 Å². The van der Waals surface area contributed by atoms with Gasteiger partial charge in [-0.3, -0.25) is 4.99 Å². The van der Waals surface area contributed by atoms with Crippen molar-refractivity contribution in [1.82, 2.24) is 15.6 Å². The number of rotatable bonds is 9. The van der Waals surface area contributed by atoms with Crippen LogP contribution >= 0.6 is 35.3 Å². The summed E-state index contributed by atoms with van der Waals surface area (Å²) in [5.74, 6) is 0.879. The maximum absolute atomic E-state index is 4.67. The largest absolute Gasteiger partial charge is 0.378 e. The molecule has 0 aliphatic heterocycles. The Morgan fingerprint density at radius 3 is 2.44 bits per heavy atom. The SMILES string of the molecule is CCNC(=NCCc1ncc(CC)s1)NCCc1ccc(N(C)C)cc1.I. The van der Waals surface area contributed by atoms with Crippen LogP contribution in [0.2, 0.25) is 0 Å². The van der Waals surface area contributed by atoms with Crippen LogP contribution < -0.4 is 15.5 Å². The summed E-state index contributed by atoms with van der Waals surface area (Å²) < 4.78 is 0. The van der Waals surface area contributed by atoms with E-state index in [9.17, 15) is 0 Å². The van der Waals surface area contributed by atoms with E-state index in [1.807, 2.05) is 6.20 Å². The highest BCUT2D eigenvalue weighted by Gasteiger charge is 2.02. The number of hydrogen-bond acceptors (Lipinski definition) is 4. The van der Waals surface area contributed by atoms with Crippen LogP contribution in [0.25, 0.3) is 0 Å². The van der Waals surface area contributed by atoms with Gasteiger partial charge in [0, 0.05) is 56.9 Å². The molecule has 1 aromatic carbocycles. The third-order valence-electron chi connectivity index (χ3n) is 4.05. The number of benzene rings is 1. The van der Waals surface area contributed by atoms with E-state index in [1.165, 1.54) is 21.1 Å². The van der Waals surface area contributed by atoms with Gasteiger partial charge < -0.3 is 15.5 Å². The van der Waals surface area contributed by atoms with E-state index in [4.69, 9.17) is 0 Å². The van der Waals surface area contributed by atoms with Crippen LogP contribution in [0.3, 0.4) is 0 Å². The second kappa shape index (κ2) is 12.9. The number of anilines is 1. The molecule has 0 amide bonds. The Balaban J connectivity index is 0.00000364. The molecule has 0 aliphatic carbocycles. The molecular weight excluding hydrogens is 469 g/mol. The molecular formula is C20H32IN5S. The first-order valence-electron chi connectivity index (χ1n) is 9.34. The fourth-order valence-corrected chi connectivity index (χ4v) is 3.37. The highest BCUT2D eigenvalue weighted by molar-refractivity contribution is 14.0. The van der Waals surface area contributed by atoms with E-state index < -0.39 is 0 Å². The average Bonchev–Trinajstić information content (AvgIpc) is 3.10. The molecule has 0 fully saturated rings. The van der Waals surface area contributed by atoms with Gasteiger partial charge in [-0.2, -0.15) is 0 Å². The minimum Gasteiger partial charge on any atom is -0.378 e. The van der Waals surface area contributed by atoms with Crippen molar-refractivity contribution >= 4 is 47.0 Å².